The Morgan fingerprint density at radius 2 is 2.00 bits per heavy atom. The molecule has 0 spiro atoms. The highest BCUT2D eigenvalue weighted by atomic mass is 16.5. The topological polar surface area (TPSA) is 79.2 Å². The summed E-state index contributed by atoms with van der Waals surface area (Å²) in [5.41, 5.74) is 0.847. The zero-order valence-corrected chi connectivity index (χ0v) is 9.80. The van der Waals surface area contributed by atoms with Gasteiger partial charge in [-0.15, -0.1) is 0 Å². The van der Waals surface area contributed by atoms with Gasteiger partial charge in [0.2, 0.25) is 0 Å². The molecule has 1 rings (SSSR count). The third kappa shape index (κ3) is 4.22. The molecule has 0 bridgehead atoms. The Morgan fingerprint density at radius 3 is 2.59 bits per heavy atom. The molecule has 1 aromatic carbocycles. The van der Waals surface area contributed by atoms with Gasteiger partial charge in [-0.2, -0.15) is 0 Å². The summed E-state index contributed by atoms with van der Waals surface area (Å²) in [6, 6.07) is 5.24. The largest absolute Gasteiger partial charge is 0.493 e. The van der Waals surface area contributed by atoms with E-state index in [-0.39, 0.29) is 19.8 Å². The van der Waals surface area contributed by atoms with E-state index in [4.69, 9.17) is 19.7 Å². The minimum atomic E-state index is -0.774. The Kier molecular flexibility index (Phi) is 5.76. The molecule has 0 fully saturated rings. The second-order valence-electron chi connectivity index (χ2n) is 3.60. The van der Waals surface area contributed by atoms with Gasteiger partial charge in [0.05, 0.1) is 26.4 Å². The number of methoxy groups -OCH3 is 1. The van der Waals surface area contributed by atoms with Crippen LogP contribution in [0.25, 0.3) is 0 Å². The maximum atomic E-state index is 9.33. The molecule has 0 saturated heterocycles. The van der Waals surface area contributed by atoms with Crippen LogP contribution >= 0.6 is 0 Å². The van der Waals surface area contributed by atoms with Gasteiger partial charge < -0.3 is 24.8 Å². The number of ether oxygens (including phenoxy) is 2. The molecule has 0 saturated carbocycles. The fourth-order valence-corrected chi connectivity index (χ4v) is 1.45. The first-order valence-electron chi connectivity index (χ1n) is 5.40. The van der Waals surface area contributed by atoms with Gasteiger partial charge in [0, 0.05) is 6.42 Å². The second-order valence-corrected chi connectivity index (χ2v) is 3.60. The molecule has 0 aliphatic heterocycles. The molecule has 0 aliphatic carbocycles. The first kappa shape index (κ1) is 13.8. The Bertz CT molecular complexity index is 340. The van der Waals surface area contributed by atoms with Crippen molar-refractivity contribution in [3.8, 4) is 11.5 Å². The number of aliphatic hydroxyl groups is 3. The third-order valence-corrected chi connectivity index (χ3v) is 2.26. The van der Waals surface area contributed by atoms with Crippen LogP contribution < -0.4 is 9.47 Å². The molecule has 3 N–H and O–H groups in total. The minimum Gasteiger partial charge on any atom is -0.493 e. The van der Waals surface area contributed by atoms with Gasteiger partial charge >= 0.3 is 0 Å². The number of benzene rings is 1. The Balaban J connectivity index is 2.77. The number of hydrogen-bond donors (Lipinski definition) is 3. The Labute approximate surface area is 100 Å². The van der Waals surface area contributed by atoms with Crippen LogP contribution in [-0.2, 0) is 6.42 Å². The van der Waals surface area contributed by atoms with Gasteiger partial charge in [-0.3, -0.25) is 0 Å². The standard InChI is InChI=1S/C12H18O5/c1-16-12-7-9(6-10(15)8-14)2-3-11(12)17-5-4-13/h2-3,7,10,13-15H,4-6,8H2,1H3/t10-/m0/s1. The van der Waals surface area contributed by atoms with E-state index in [2.05, 4.69) is 0 Å². The van der Waals surface area contributed by atoms with Crippen molar-refractivity contribution in [2.45, 2.75) is 12.5 Å². The van der Waals surface area contributed by atoms with Crippen molar-refractivity contribution >= 4 is 0 Å². The Morgan fingerprint density at radius 1 is 1.24 bits per heavy atom. The van der Waals surface area contributed by atoms with E-state index in [9.17, 15) is 5.11 Å². The van der Waals surface area contributed by atoms with Gasteiger partial charge in [0.15, 0.2) is 11.5 Å². The molecule has 17 heavy (non-hydrogen) atoms. The second kappa shape index (κ2) is 7.11. The van der Waals surface area contributed by atoms with Crippen molar-refractivity contribution in [1.29, 1.82) is 0 Å². The lowest BCUT2D eigenvalue weighted by Gasteiger charge is -2.12. The van der Waals surface area contributed by atoms with Crippen LogP contribution in [0.2, 0.25) is 0 Å². The van der Waals surface area contributed by atoms with Crippen molar-refractivity contribution < 1.29 is 24.8 Å². The van der Waals surface area contributed by atoms with Crippen molar-refractivity contribution in [3.05, 3.63) is 23.8 Å². The molecule has 5 nitrogen and oxygen atoms in total. The quantitative estimate of drug-likeness (QED) is 0.625. The van der Waals surface area contributed by atoms with Crippen LogP contribution in [0, 0.1) is 0 Å². The lowest BCUT2D eigenvalue weighted by Crippen LogP contribution is -2.15. The van der Waals surface area contributed by atoms with Crippen LogP contribution in [-0.4, -0.2) is 48.4 Å². The number of hydrogen-bond acceptors (Lipinski definition) is 5. The predicted octanol–water partition coefficient (Wildman–Crippen LogP) is -0.0380. The normalized spacial score (nSPS) is 12.2. The van der Waals surface area contributed by atoms with E-state index < -0.39 is 6.10 Å². The van der Waals surface area contributed by atoms with Gasteiger partial charge in [0.1, 0.15) is 6.61 Å². The lowest BCUT2D eigenvalue weighted by atomic mass is 10.1. The van der Waals surface area contributed by atoms with Crippen molar-refractivity contribution in [3.63, 3.8) is 0 Å². The maximum absolute atomic E-state index is 9.33. The van der Waals surface area contributed by atoms with E-state index in [0.717, 1.165) is 5.56 Å². The molecule has 0 aromatic heterocycles. The smallest absolute Gasteiger partial charge is 0.161 e. The average molecular weight is 242 g/mol. The van der Waals surface area contributed by atoms with E-state index in [1.165, 1.54) is 7.11 Å². The first-order chi connectivity index (χ1) is 8.21. The van der Waals surface area contributed by atoms with Crippen LogP contribution in [0.1, 0.15) is 5.56 Å². The number of rotatable bonds is 7. The van der Waals surface area contributed by atoms with Crippen LogP contribution in [0.4, 0.5) is 0 Å². The van der Waals surface area contributed by atoms with E-state index in [0.29, 0.717) is 17.9 Å². The van der Waals surface area contributed by atoms with Crippen LogP contribution in [0.5, 0.6) is 11.5 Å². The molecule has 0 aliphatic rings. The maximum Gasteiger partial charge on any atom is 0.161 e. The Hall–Kier alpha value is -1.30. The van der Waals surface area contributed by atoms with Crippen molar-refractivity contribution in [2.75, 3.05) is 26.9 Å². The molecule has 0 radical (unpaired) electrons. The van der Waals surface area contributed by atoms with E-state index in [1.54, 1.807) is 18.2 Å². The zero-order chi connectivity index (χ0) is 12.7. The summed E-state index contributed by atoms with van der Waals surface area (Å²) in [6.45, 7) is -0.131. The van der Waals surface area contributed by atoms with E-state index >= 15 is 0 Å². The zero-order valence-electron chi connectivity index (χ0n) is 9.80. The average Bonchev–Trinajstić information content (AvgIpc) is 2.36. The summed E-state index contributed by atoms with van der Waals surface area (Å²) in [7, 11) is 1.52. The highest BCUT2D eigenvalue weighted by molar-refractivity contribution is 5.43. The van der Waals surface area contributed by atoms with Crippen molar-refractivity contribution in [1.82, 2.24) is 0 Å². The molecule has 0 unspecified atom stereocenters. The van der Waals surface area contributed by atoms with Crippen LogP contribution in [0.15, 0.2) is 18.2 Å². The highest BCUT2D eigenvalue weighted by Crippen LogP contribution is 2.28. The summed E-state index contributed by atoms with van der Waals surface area (Å²) in [5.74, 6) is 1.09. The SMILES string of the molecule is COc1cc(C[C@H](O)CO)ccc1OCCO. The summed E-state index contributed by atoms with van der Waals surface area (Å²) < 4.78 is 10.4. The summed E-state index contributed by atoms with van der Waals surface area (Å²) in [4.78, 5) is 0. The first-order valence-corrected chi connectivity index (χ1v) is 5.40. The number of aliphatic hydroxyl groups excluding tert-OH is 3. The predicted molar refractivity (Wildman–Crippen MR) is 62.4 cm³/mol. The molecule has 1 aromatic rings. The fraction of sp³-hybridized carbons (Fsp3) is 0.500. The lowest BCUT2D eigenvalue weighted by molar-refractivity contribution is 0.0954. The van der Waals surface area contributed by atoms with Crippen LogP contribution in [0.3, 0.4) is 0 Å². The molecule has 5 heteroatoms. The molecule has 0 amide bonds. The highest BCUT2D eigenvalue weighted by Gasteiger charge is 2.09. The van der Waals surface area contributed by atoms with E-state index in [1.807, 2.05) is 0 Å². The molecule has 96 valence electrons. The van der Waals surface area contributed by atoms with Gasteiger partial charge in [-0.1, -0.05) is 6.07 Å². The fourth-order valence-electron chi connectivity index (χ4n) is 1.45. The molecular weight excluding hydrogens is 224 g/mol. The molecule has 0 heterocycles. The van der Waals surface area contributed by atoms with Gasteiger partial charge in [-0.25, -0.2) is 0 Å². The minimum absolute atomic E-state index is 0.0614. The monoisotopic (exact) mass is 242 g/mol. The molecule has 1 atom stereocenters. The van der Waals surface area contributed by atoms with Crippen molar-refractivity contribution in [2.24, 2.45) is 0 Å². The van der Waals surface area contributed by atoms with Gasteiger partial charge in [-0.05, 0) is 17.7 Å². The molecular formula is C12H18O5. The summed E-state index contributed by atoms with van der Waals surface area (Å²) in [6.07, 6.45) is -0.420. The third-order valence-electron chi connectivity index (χ3n) is 2.26. The van der Waals surface area contributed by atoms with Gasteiger partial charge in [0.25, 0.3) is 0 Å². The summed E-state index contributed by atoms with van der Waals surface area (Å²) in [5, 5.41) is 26.8. The summed E-state index contributed by atoms with van der Waals surface area (Å²) >= 11 is 0.